The molecule has 136 valence electrons. The van der Waals surface area contributed by atoms with E-state index in [2.05, 4.69) is 0 Å². The summed E-state index contributed by atoms with van der Waals surface area (Å²) in [5, 5.41) is 0. The number of hydrogen-bond acceptors (Lipinski definition) is 4. The summed E-state index contributed by atoms with van der Waals surface area (Å²) >= 11 is 0. The zero-order valence-corrected chi connectivity index (χ0v) is 15.3. The van der Waals surface area contributed by atoms with Crippen LogP contribution in [-0.4, -0.2) is 30.5 Å². The zero-order chi connectivity index (χ0) is 18.7. The summed E-state index contributed by atoms with van der Waals surface area (Å²) in [6.07, 6.45) is 0. The molecule has 2 aromatic rings. The van der Waals surface area contributed by atoms with Gasteiger partial charge in [-0.3, -0.25) is 9.59 Å². The van der Waals surface area contributed by atoms with Crippen molar-refractivity contribution < 1.29 is 19.1 Å². The highest BCUT2D eigenvalue weighted by molar-refractivity contribution is 6.08. The van der Waals surface area contributed by atoms with Gasteiger partial charge in [0.25, 0.3) is 0 Å². The second kappa shape index (κ2) is 7.20. The van der Waals surface area contributed by atoms with Crippen LogP contribution in [0.4, 0.5) is 0 Å². The zero-order valence-electron chi connectivity index (χ0n) is 15.3. The second-order valence-electron chi connectivity index (χ2n) is 6.52. The number of nitrogens with zero attached hydrogens (tertiary/aromatic N) is 1. The Morgan fingerprint density at radius 3 is 2.35 bits per heavy atom. The maximum atomic E-state index is 12.9. The number of methoxy groups -OCH3 is 1. The molecule has 0 spiro atoms. The lowest BCUT2D eigenvalue weighted by atomic mass is 9.69. The molecule has 1 aliphatic rings. The minimum Gasteiger partial charge on any atom is -0.497 e. The molecule has 1 heterocycles. The molecule has 2 atom stereocenters. The molecule has 5 heteroatoms. The smallest absolute Gasteiger partial charge is 0.323 e. The summed E-state index contributed by atoms with van der Waals surface area (Å²) in [5.74, 6) is 0.0441. The Hall–Kier alpha value is -2.82. The SMILES string of the molecule is CCOC(=O)[C@@]1(C)C(=O)N(Cc2ccccc2)[C@H]1c1ccc(OC)cc1. The largest absolute Gasteiger partial charge is 0.497 e. The van der Waals surface area contributed by atoms with Crippen molar-refractivity contribution in [3.63, 3.8) is 0 Å². The molecule has 0 aliphatic carbocycles. The highest BCUT2D eigenvalue weighted by atomic mass is 16.5. The predicted molar refractivity (Wildman–Crippen MR) is 97.5 cm³/mol. The maximum Gasteiger partial charge on any atom is 0.323 e. The van der Waals surface area contributed by atoms with Gasteiger partial charge in [-0.2, -0.15) is 0 Å². The highest BCUT2D eigenvalue weighted by Crippen LogP contribution is 2.51. The van der Waals surface area contributed by atoms with Crippen LogP contribution in [0.25, 0.3) is 0 Å². The Bertz CT molecular complexity index is 787. The van der Waals surface area contributed by atoms with Crippen LogP contribution < -0.4 is 4.74 Å². The summed E-state index contributed by atoms with van der Waals surface area (Å²) in [6.45, 7) is 4.11. The molecule has 1 aliphatic heterocycles. The number of likely N-dealkylation sites (tertiary alicyclic amines) is 1. The highest BCUT2D eigenvalue weighted by Gasteiger charge is 2.63. The van der Waals surface area contributed by atoms with Crippen LogP contribution >= 0.6 is 0 Å². The standard InChI is InChI=1S/C21H23NO4/c1-4-26-20(24)21(2)18(16-10-12-17(25-3)13-11-16)22(19(21)23)14-15-8-6-5-7-9-15/h5-13,18H,4,14H2,1-3H3/t18-,21+/m0/s1. The molecule has 1 amide bonds. The third-order valence-corrected chi connectivity index (χ3v) is 4.89. The van der Waals surface area contributed by atoms with E-state index >= 15 is 0 Å². The van der Waals surface area contributed by atoms with E-state index < -0.39 is 11.4 Å². The summed E-state index contributed by atoms with van der Waals surface area (Å²) < 4.78 is 10.4. The van der Waals surface area contributed by atoms with E-state index in [0.717, 1.165) is 16.9 Å². The molecule has 5 nitrogen and oxygen atoms in total. The number of hydrogen-bond donors (Lipinski definition) is 0. The van der Waals surface area contributed by atoms with Crippen LogP contribution in [0.1, 0.15) is 31.0 Å². The van der Waals surface area contributed by atoms with Gasteiger partial charge in [0.1, 0.15) is 5.75 Å². The fourth-order valence-electron chi connectivity index (χ4n) is 3.50. The van der Waals surface area contributed by atoms with Crippen molar-refractivity contribution >= 4 is 11.9 Å². The third kappa shape index (κ3) is 2.94. The van der Waals surface area contributed by atoms with E-state index in [-0.39, 0.29) is 18.6 Å². The summed E-state index contributed by atoms with van der Waals surface area (Å²) in [6, 6.07) is 16.8. The minimum absolute atomic E-state index is 0.208. The van der Waals surface area contributed by atoms with E-state index in [4.69, 9.17) is 9.47 Å². The number of β-lactam (4-membered cyclic amide) rings is 1. The van der Waals surface area contributed by atoms with Crippen LogP contribution in [0.3, 0.4) is 0 Å². The van der Waals surface area contributed by atoms with Crippen LogP contribution in [0.2, 0.25) is 0 Å². The lowest BCUT2D eigenvalue weighted by molar-refractivity contribution is -0.189. The quantitative estimate of drug-likeness (QED) is 0.454. The Morgan fingerprint density at radius 2 is 1.77 bits per heavy atom. The van der Waals surface area contributed by atoms with Crippen molar-refractivity contribution in [3.05, 3.63) is 65.7 Å². The monoisotopic (exact) mass is 353 g/mol. The van der Waals surface area contributed by atoms with Crippen LogP contribution in [-0.2, 0) is 20.9 Å². The molecular weight excluding hydrogens is 330 g/mol. The normalized spacial score (nSPS) is 21.9. The van der Waals surface area contributed by atoms with Crippen LogP contribution in [0.5, 0.6) is 5.75 Å². The molecule has 2 aromatic carbocycles. The van der Waals surface area contributed by atoms with Crippen molar-refractivity contribution in [3.8, 4) is 5.75 Å². The number of benzene rings is 2. The first-order chi connectivity index (χ1) is 12.5. The first-order valence-electron chi connectivity index (χ1n) is 8.68. The number of ether oxygens (including phenoxy) is 2. The van der Waals surface area contributed by atoms with E-state index in [1.807, 2.05) is 54.6 Å². The molecule has 0 bridgehead atoms. The summed E-state index contributed by atoms with van der Waals surface area (Å²) in [5.41, 5.74) is 0.696. The van der Waals surface area contributed by atoms with Gasteiger partial charge < -0.3 is 14.4 Å². The van der Waals surface area contributed by atoms with Crippen molar-refractivity contribution in [2.24, 2.45) is 5.41 Å². The molecule has 1 saturated heterocycles. The molecule has 0 saturated carbocycles. The molecule has 0 radical (unpaired) electrons. The number of amides is 1. The Balaban J connectivity index is 1.95. The van der Waals surface area contributed by atoms with E-state index in [9.17, 15) is 9.59 Å². The van der Waals surface area contributed by atoms with Crippen LogP contribution in [0, 0.1) is 5.41 Å². The van der Waals surface area contributed by atoms with E-state index in [0.29, 0.717) is 6.54 Å². The average molecular weight is 353 g/mol. The molecule has 0 unspecified atom stereocenters. The fraction of sp³-hybridized carbons (Fsp3) is 0.333. The average Bonchev–Trinajstić information content (AvgIpc) is 2.68. The number of carbonyl (C=O) groups excluding carboxylic acids is 2. The Labute approximate surface area is 153 Å². The fourth-order valence-corrected chi connectivity index (χ4v) is 3.50. The molecule has 26 heavy (non-hydrogen) atoms. The summed E-state index contributed by atoms with van der Waals surface area (Å²) in [7, 11) is 1.60. The second-order valence-corrected chi connectivity index (χ2v) is 6.52. The van der Waals surface area contributed by atoms with Gasteiger partial charge in [0.05, 0.1) is 19.8 Å². The third-order valence-electron chi connectivity index (χ3n) is 4.89. The van der Waals surface area contributed by atoms with Gasteiger partial charge in [-0.1, -0.05) is 42.5 Å². The van der Waals surface area contributed by atoms with Gasteiger partial charge in [0.2, 0.25) is 5.91 Å². The molecule has 1 fully saturated rings. The van der Waals surface area contributed by atoms with Gasteiger partial charge in [0.15, 0.2) is 5.41 Å². The van der Waals surface area contributed by atoms with Crippen molar-refractivity contribution in [1.82, 2.24) is 4.90 Å². The number of carbonyl (C=O) groups is 2. The summed E-state index contributed by atoms with van der Waals surface area (Å²) in [4.78, 5) is 27.2. The Morgan fingerprint density at radius 1 is 1.12 bits per heavy atom. The topological polar surface area (TPSA) is 55.8 Å². The molecule has 3 rings (SSSR count). The minimum atomic E-state index is -1.21. The molecule has 0 N–H and O–H groups in total. The van der Waals surface area contributed by atoms with E-state index in [1.165, 1.54) is 0 Å². The predicted octanol–water partition coefficient (Wildman–Crippen LogP) is 3.35. The molecule has 0 aromatic heterocycles. The van der Waals surface area contributed by atoms with Crippen molar-refractivity contribution in [2.45, 2.75) is 26.4 Å². The maximum absolute atomic E-state index is 12.9. The first-order valence-corrected chi connectivity index (χ1v) is 8.68. The van der Waals surface area contributed by atoms with Crippen molar-refractivity contribution in [1.29, 1.82) is 0 Å². The van der Waals surface area contributed by atoms with Crippen molar-refractivity contribution in [2.75, 3.05) is 13.7 Å². The molecular formula is C21H23NO4. The van der Waals surface area contributed by atoms with Crippen LogP contribution in [0.15, 0.2) is 54.6 Å². The Kier molecular flexibility index (Phi) is 4.98. The van der Waals surface area contributed by atoms with Gasteiger partial charge >= 0.3 is 5.97 Å². The first kappa shape index (κ1) is 18.0. The van der Waals surface area contributed by atoms with Gasteiger partial charge in [0, 0.05) is 6.54 Å². The van der Waals surface area contributed by atoms with Gasteiger partial charge in [-0.25, -0.2) is 0 Å². The van der Waals surface area contributed by atoms with E-state index in [1.54, 1.807) is 25.9 Å². The van der Waals surface area contributed by atoms with Gasteiger partial charge in [-0.15, -0.1) is 0 Å². The number of rotatable bonds is 6. The number of esters is 1. The lowest BCUT2D eigenvalue weighted by Gasteiger charge is -2.52. The van der Waals surface area contributed by atoms with Gasteiger partial charge in [-0.05, 0) is 37.1 Å². The lowest BCUT2D eigenvalue weighted by Crippen LogP contribution is -2.65.